The fourth-order valence-electron chi connectivity index (χ4n) is 12.5. The highest BCUT2D eigenvalue weighted by Crippen LogP contribution is 2.43. The molecule has 122 heavy (non-hydrogen) atoms. The third-order valence-electron chi connectivity index (χ3n) is 18.5. The second-order valence-electron chi connectivity index (χ2n) is 26.6. The number of aromatic amines is 1. The Balaban J connectivity index is 0.000000132. The zero-order chi connectivity index (χ0) is 87.2. The van der Waals surface area contributed by atoms with Gasteiger partial charge in [0.2, 0.25) is 0 Å². The van der Waals surface area contributed by atoms with E-state index in [1.54, 1.807) is 144 Å². The van der Waals surface area contributed by atoms with Gasteiger partial charge in [0.25, 0.3) is 30.1 Å². The van der Waals surface area contributed by atoms with Gasteiger partial charge >= 0.3 is 14.2 Å². The minimum Gasteiger partial charge on any atom is -0.423 e. The van der Waals surface area contributed by atoms with Gasteiger partial charge < -0.3 is 25.1 Å². The van der Waals surface area contributed by atoms with Crippen LogP contribution in [0.25, 0.3) is 99.8 Å². The molecular formula is C85H59B2Cl6F4IN8O10S6. The molecule has 18 aromatic rings. The molecule has 0 aliphatic carbocycles. The Labute approximate surface area is 752 Å². The average molecular weight is 1980 g/mol. The van der Waals surface area contributed by atoms with Crippen LogP contribution in [0.4, 0.5) is 17.6 Å². The molecular weight excluding hydrogens is 1920 g/mol. The number of pyridine rings is 4. The Hall–Kier alpha value is -9.59. The van der Waals surface area contributed by atoms with Crippen LogP contribution < -0.4 is 10.9 Å². The number of rotatable bonds is 13. The third kappa shape index (κ3) is 19.8. The Morgan fingerprint density at radius 3 is 1.15 bits per heavy atom. The SMILES string of the molecule is Cc1ccc(S(=O)(=O)n2cc(-c3ccc(Cl)cc3F)c3c(-c4ccsc4)ccnc32)cc1.Cc1ccc(S(=O)(=O)n2cc(-c3ccc(Cl)cc3F)c3c(Cl)ccnc32)cc1.Cc1ccc(S(=O)(=O)n2cc(I)c3c(Cl)ccnc32)cc1.Fc1cc(Cl)ccc1-c1c[nH]c2nccc(-c3ccsc3)c12.OB(O)c1ccc(Cl)cc1F.OB(O)c1ccsc1. The Bertz CT molecular complexity index is 7230. The molecule has 7 aromatic carbocycles. The molecule has 0 radical (unpaired) electrons. The second kappa shape index (κ2) is 38.7. The molecule has 0 bridgehead atoms. The quantitative estimate of drug-likeness (QED) is 0.0408. The minimum absolute atomic E-state index is 0.0971. The maximum absolute atomic E-state index is 14.9. The van der Waals surface area contributed by atoms with Crippen LogP contribution in [0, 0.1) is 47.6 Å². The fraction of sp³-hybridized carbons (Fsp3) is 0.0353. The summed E-state index contributed by atoms with van der Waals surface area (Å²) in [6, 6.07) is 49.3. The Kier molecular flexibility index (Phi) is 28.6. The van der Waals surface area contributed by atoms with E-state index in [4.69, 9.17) is 89.7 Å². The van der Waals surface area contributed by atoms with Crippen LogP contribution in [0.1, 0.15) is 16.7 Å². The van der Waals surface area contributed by atoms with Gasteiger partial charge in [-0.3, -0.25) is 0 Å². The molecule has 0 atom stereocenters. The molecule has 0 fully saturated rings. The van der Waals surface area contributed by atoms with Crippen molar-refractivity contribution in [3.05, 3.63) is 344 Å². The lowest BCUT2D eigenvalue weighted by Gasteiger charge is -2.08. The summed E-state index contributed by atoms with van der Waals surface area (Å²) < 4.78 is 140. The van der Waals surface area contributed by atoms with E-state index in [2.05, 4.69) is 59.0 Å². The van der Waals surface area contributed by atoms with Crippen molar-refractivity contribution in [3.63, 3.8) is 0 Å². The third-order valence-corrected chi connectivity index (χ3v) is 28.0. The second-order valence-corrected chi connectivity index (χ2v) is 38.1. The summed E-state index contributed by atoms with van der Waals surface area (Å²) in [5, 5.41) is 49.9. The van der Waals surface area contributed by atoms with Crippen LogP contribution in [0.5, 0.6) is 0 Å². The summed E-state index contributed by atoms with van der Waals surface area (Å²) >= 11 is 42.2. The lowest BCUT2D eigenvalue weighted by Crippen LogP contribution is -2.32. The first-order valence-electron chi connectivity index (χ1n) is 35.7. The molecule has 0 spiro atoms. The van der Waals surface area contributed by atoms with E-state index < -0.39 is 61.8 Å². The van der Waals surface area contributed by atoms with Crippen molar-refractivity contribution in [3.8, 4) is 55.6 Å². The number of hydrogen-bond acceptors (Lipinski definition) is 17. The van der Waals surface area contributed by atoms with Crippen LogP contribution in [0.2, 0.25) is 30.1 Å². The topological polar surface area (TPSA) is 265 Å². The van der Waals surface area contributed by atoms with Crippen molar-refractivity contribution in [2.75, 3.05) is 0 Å². The minimum atomic E-state index is -3.97. The first-order valence-corrected chi connectivity index (χ1v) is 46.2. The zero-order valence-corrected chi connectivity index (χ0v) is 74.7. The highest BCUT2D eigenvalue weighted by molar-refractivity contribution is 14.1. The standard InChI is InChI=1S/C24H16ClFN2O2S2.C20H13Cl2FN2O2S.C17H10ClFN2S.C14H10ClIN2O2S.C6H5BClFO2.C4H5BO2S/c1-15-2-5-18(6-3-15)32(29,30)28-13-21(20-7-4-17(25)12-22(20)26)23-19(8-10-27-24(23)28)16-9-11-31-14-16;1-12-2-5-14(6-3-12)28(26,27)25-11-16(15-7-4-13(21)10-18(15)23)19-17(22)8-9-24-20(19)25;18-11-1-2-13(15(19)7-11)14-8-21-17-16(14)12(3-5-20-17)10-4-6-22-9-10;1-9-2-4-10(5-3-9)21(19,20)18-8-12(16)13-11(15)6-7-17-14(13)18;8-4-1-2-5(7(10)11)6(9)3-4;6-5(7)4-1-2-8-3-4/h2-14H,1H3;2-11H,1H3;1-9H,(H,20,21);2-8H,1H3;1-3,10-11H;1-3,6-7H. The smallest absolute Gasteiger partial charge is 0.423 e. The molecule has 18 rings (SSSR count). The molecule has 618 valence electrons. The molecule has 0 aliphatic heterocycles. The summed E-state index contributed by atoms with van der Waals surface area (Å²) in [6.45, 7) is 5.66. The van der Waals surface area contributed by atoms with Gasteiger partial charge in [-0.15, -0.1) is 0 Å². The highest BCUT2D eigenvalue weighted by atomic mass is 127. The van der Waals surface area contributed by atoms with Crippen LogP contribution in [-0.4, -0.2) is 96.4 Å². The summed E-state index contributed by atoms with van der Waals surface area (Å²) in [4.78, 5) is 20.7. The monoisotopic (exact) mass is 1980 g/mol. The van der Waals surface area contributed by atoms with Gasteiger partial charge in [0.15, 0.2) is 16.9 Å². The number of halogens is 11. The van der Waals surface area contributed by atoms with Gasteiger partial charge in [-0.05, 0) is 243 Å². The number of aryl methyl sites for hydroxylation is 3. The van der Waals surface area contributed by atoms with Gasteiger partial charge in [0, 0.05) is 128 Å². The van der Waals surface area contributed by atoms with E-state index in [9.17, 15) is 42.8 Å². The summed E-state index contributed by atoms with van der Waals surface area (Å²) in [5.41, 5.74) is 11.0. The number of nitrogens with zero attached hydrogens (tertiary/aromatic N) is 7. The summed E-state index contributed by atoms with van der Waals surface area (Å²) in [7, 11) is -14.7. The van der Waals surface area contributed by atoms with Crippen LogP contribution in [0.3, 0.4) is 0 Å². The summed E-state index contributed by atoms with van der Waals surface area (Å²) in [5.74, 6) is -2.18. The average Bonchev–Trinajstić information content (AvgIpc) is 1.55. The van der Waals surface area contributed by atoms with E-state index >= 15 is 0 Å². The first-order chi connectivity index (χ1) is 58.2. The predicted octanol–water partition coefficient (Wildman–Crippen LogP) is 21.6. The predicted molar refractivity (Wildman–Crippen MR) is 493 cm³/mol. The van der Waals surface area contributed by atoms with Gasteiger partial charge in [-0.1, -0.05) is 135 Å². The van der Waals surface area contributed by atoms with E-state index in [0.29, 0.717) is 54.0 Å². The molecule has 11 heterocycles. The number of hydrogen-bond donors (Lipinski definition) is 5. The normalized spacial score (nSPS) is 11.4. The molecule has 11 aromatic heterocycles. The lowest BCUT2D eigenvalue weighted by atomic mass is 9.80. The Morgan fingerprint density at radius 2 is 0.746 bits per heavy atom. The van der Waals surface area contributed by atoms with E-state index in [1.807, 2.05) is 55.1 Å². The van der Waals surface area contributed by atoms with Crippen LogP contribution >= 0.6 is 126 Å². The van der Waals surface area contributed by atoms with E-state index in [-0.39, 0.29) is 68.5 Å². The van der Waals surface area contributed by atoms with Crippen molar-refractivity contribution < 1.29 is 62.9 Å². The number of aromatic nitrogens is 8. The van der Waals surface area contributed by atoms with Crippen molar-refractivity contribution in [1.29, 1.82) is 0 Å². The van der Waals surface area contributed by atoms with Gasteiger partial charge in [-0.25, -0.2) is 74.7 Å². The van der Waals surface area contributed by atoms with E-state index in [1.165, 1.54) is 112 Å². The highest BCUT2D eigenvalue weighted by Gasteiger charge is 2.30. The van der Waals surface area contributed by atoms with Crippen molar-refractivity contribution in [1.82, 2.24) is 36.8 Å². The molecule has 0 saturated heterocycles. The maximum Gasteiger partial charge on any atom is 0.491 e. The van der Waals surface area contributed by atoms with Crippen molar-refractivity contribution in [2.45, 2.75) is 35.5 Å². The van der Waals surface area contributed by atoms with E-state index in [0.717, 1.165) is 73.1 Å². The molecule has 18 nitrogen and oxygen atoms in total. The number of H-pyrrole nitrogens is 1. The number of benzene rings is 7. The Morgan fingerprint density at radius 1 is 0.377 bits per heavy atom. The van der Waals surface area contributed by atoms with Crippen LogP contribution in [0.15, 0.2) is 285 Å². The molecule has 0 amide bonds. The molecule has 0 saturated carbocycles. The van der Waals surface area contributed by atoms with Gasteiger partial charge in [0.1, 0.15) is 28.9 Å². The van der Waals surface area contributed by atoms with Gasteiger partial charge in [-0.2, -0.15) is 34.0 Å². The maximum atomic E-state index is 14.9. The largest absolute Gasteiger partial charge is 0.491 e. The molecule has 37 heteroatoms. The fourth-order valence-corrected chi connectivity index (χ4v) is 20.7. The number of fused-ring (bicyclic) bond motifs is 4. The molecule has 0 unspecified atom stereocenters. The lowest BCUT2D eigenvalue weighted by molar-refractivity contribution is 0.422. The van der Waals surface area contributed by atoms with Gasteiger partial charge in [0.05, 0.1) is 30.1 Å². The molecule has 0 aliphatic rings. The number of thiophene rings is 3. The van der Waals surface area contributed by atoms with Crippen molar-refractivity contribution in [2.24, 2.45) is 0 Å². The molecule has 5 N–H and O–H groups in total. The first kappa shape index (κ1) is 90.1. The zero-order valence-electron chi connectivity index (χ0n) is 63.1. The van der Waals surface area contributed by atoms with Crippen LogP contribution in [-0.2, 0) is 30.1 Å². The van der Waals surface area contributed by atoms with Crippen molar-refractivity contribution >= 4 is 226 Å². The number of nitrogens with one attached hydrogen (secondary N) is 1. The summed E-state index contributed by atoms with van der Waals surface area (Å²) in [6.07, 6.45) is 12.3.